The maximum absolute atomic E-state index is 5.75. The molecule has 0 radical (unpaired) electrons. The Kier molecular flexibility index (Phi) is 8.74. The lowest BCUT2D eigenvalue weighted by Crippen LogP contribution is -2.31. The summed E-state index contributed by atoms with van der Waals surface area (Å²) >= 11 is 1.92. The average molecular weight is 296 g/mol. The van der Waals surface area contributed by atoms with Crippen LogP contribution < -0.4 is 10.5 Å². The van der Waals surface area contributed by atoms with Gasteiger partial charge in [-0.05, 0) is 56.5 Å². The lowest BCUT2D eigenvalue weighted by atomic mass is 10.2. The molecule has 0 bridgehead atoms. The van der Waals surface area contributed by atoms with Crippen LogP contribution in [0.25, 0.3) is 0 Å². The molecule has 1 unspecified atom stereocenters. The van der Waals surface area contributed by atoms with Crippen LogP contribution >= 0.6 is 11.8 Å². The molecular formula is C16H28N2OS. The van der Waals surface area contributed by atoms with Crippen molar-refractivity contribution in [2.45, 2.75) is 32.4 Å². The van der Waals surface area contributed by atoms with Crippen LogP contribution in [0.1, 0.15) is 25.3 Å². The molecule has 0 saturated carbocycles. The summed E-state index contributed by atoms with van der Waals surface area (Å²) in [4.78, 5) is 2.41. The van der Waals surface area contributed by atoms with Crippen molar-refractivity contribution in [3.63, 3.8) is 0 Å². The van der Waals surface area contributed by atoms with Crippen molar-refractivity contribution in [1.29, 1.82) is 0 Å². The molecule has 3 nitrogen and oxygen atoms in total. The van der Waals surface area contributed by atoms with Crippen molar-refractivity contribution in [1.82, 2.24) is 4.90 Å². The lowest BCUT2D eigenvalue weighted by molar-refractivity contribution is 0.221. The Morgan fingerprint density at radius 3 is 2.60 bits per heavy atom. The number of ether oxygens (including phenoxy) is 1. The lowest BCUT2D eigenvalue weighted by Gasteiger charge is -2.24. The van der Waals surface area contributed by atoms with Crippen molar-refractivity contribution in [2.24, 2.45) is 5.73 Å². The van der Waals surface area contributed by atoms with Crippen LogP contribution in [0.5, 0.6) is 5.75 Å². The smallest absolute Gasteiger partial charge is 0.119 e. The molecule has 0 saturated heterocycles. The molecule has 1 rings (SSSR count). The first kappa shape index (κ1) is 17.3. The minimum Gasteiger partial charge on any atom is -0.494 e. The van der Waals surface area contributed by atoms with Gasteiger partial charge in [0.2, 0.25) is 0 Å². The second-order valence-electron chi connectivity index (χ2n) is 5.16. The monoisotopic (exact) mass is 296 g/mol. The Morgan fingerprint density at radius 1 is 1.30 bits per heavy atom. The largest absolute Gasteiger partial charge is 0.494 e. The van der Waals surface area contributed by atoms with E-state index < -0.39 is 0 Å². The number of thioether (sulfide) groups is 1. The van der Waals surface area contributed by atoms with Crippen molar-refractivity contribution in [2.75, 3.05) is 32.2 Å². The summed E-state index contributed by atoms with van der Waals surface area (Å²) < 4.78 is 5.75. The number of hydrogen-bond donors (Lipinski definition) is 1. The van der Waals surface area contributed by atoms with Crippen molar-refractivity contribution in [3.8, 4) is 5.75 Å². The summed E-state index contributed by atoms with van der Waals surface area (Å²) in [6.45, 7) is 4.72. The Balaban J connectivity index is 2.17. The van der Waals surface area contributed by atoms with E-state index >= 15 is 0 Å². The topological polar surface area (TPSA) is 38.5 Å². The SMILES string of the molecule is CSCCC(C)N(C)CCCOc1ccc(CN)cc1. The molecule has 0 aliphatic carbocycles. The molecule has 0 heterocycles. The van der Waals surface area contributed by atoms with Crippen LogP contribution in [-0.2, 0) is 6.54 Å². The van der Waals surface area contributed by atoms with Crippen LogP contribution in [0.4, 0.5) is 0 Å². The molecule has 0 spiro atoms. The molecular weight excluding hydrogens is 268 g/mol. The van der Waals surface area contributed by atoms with Crippen LogP contribution in [0.3, 0.4) is 0 Å². The van der Waals surface area contributed by atoms with E-state index in [2.05, 4.69) is 25.1 Å². The zero-order chi connectivity index (χ0) is 14.8. The van der Waals surface area contributed by atoms with E-state index in [0.717, 1.165) is 30.9 Å². The van der Waals surface area contributed by atoms with Gasteiger partial charge in [0.15, 0.2) is 0 Å². The third-order valence-electron chi connectivity index (χ3n) is 3.58. The van der Waals surface area contributed by atoms with E-state index in [9.17, 15) is 0 Å². The number of rotatable bonds is 10. The third-order valence-corrected chi connectivity index (χ3v) is 4.22. The summed E-state index contributed by atoms with van der Waals surface area (Å²) in [6.07, 6.45) is 4.47. The quantitative estimate of drug-likeness (QED) is 0.674. The fraction of sp³-hybridized carbons (Fsp3) is 0.625. The van der Waals surface area contributed by atoms with Crippen LogP contribution in [0.15, 0.2) is 24.3 Å². The van der Waals surface area contributed by atoms with Crippen molar-refractivity contribution in [3.05, 3.63) is 29.8 Å². The van der Waals surface area contributed by atoms with Gasteiger partial charge in [-0.1, -0.05) is 12.1 Å². The van der Waals surface area contributed by atoms with Crippen molar-refractivity contribution >= 4 is 11.8 Å². The zero-order valence-electron chi connectivity index (χ0n) is 13.0. The molecule has 4 heteroatoms. The van der Waals surface area contributed by atoms with Gasteiger partial charge in [-0.25, -0.2) is 0 Å². The zero-order valence-corrected chi connectivity index (χ0v) is 13.8. The molecule has 0 aromatic heterocycles. The van der Waals surface area contributed by atoms with E-state index in [0.29, 0.717) is 12.6 Å². The summed E-state index contributed by atoms with van der Waals surface area (Å²) in [6, 6.07) is 8.67. The van der Waals surface area contributed by atoms with E-state index in [1.54, 1.807) is 0 Å². The Bertz CT molecular complexity index is 356. The number of nitrogens with two attached hydrogens (primary N) is 1. The first-order valence-corrected chi connectivity index (χ1v) is 8.67. The maximum atomic E-state index is 5.75. The van der Waals surface area contributed by atoms with Crippen LogP contribution in [0, 0.1) is 0 Å². The highest BCUT2D eigenvalue weighted by Gasteiger charge is 2.07. The molecule has 2 N–H and O–H groups in total. The van der Waals surface area contributed by atoms with Gasteiger partial charge in [0.25, 0.3) is 0 Å². The highest BCUT2D eigenvalue weighted by atomic mass is 32.2. The number of benzene rings is 1. The summed E-state index contributed by atoms with van der Waals surface area (Å²) in [5, 5.41) is 0. The number of hydrogen-bond acceptors (Lipinski definition) is 4. The Labute approximate surface area is 127 Å². The summed E-state index contributed by atoms with van der Waals surface area (Å²) in [7, 11) is 2.20. The maximum Gasteiger partial charge on any atom is 0.119 e. The summed E-state index contributed by atoms with van der Waals surface area (Å²) in [5.74, 6) is 2.16. The van der Waals surface area contributed by atoms with E-state index in [4.69, 9.17) is 10.5 Å². The predicted molar refractivity (Wildman–Crippen MR) is 89.5 cm³/mol. The molecule has 0 aliphatic heterocycles. The minimum absolute atomic E-state index is 0.582. The van der Waals surface area contributed by atoms with Gasteiger partial charge in [0.1, 0.15) is 5.75 Å². The molecule has 114 valence electrons. The second kappa shape index (κ2) is 10.1. The average Bonchev–Trinajstić information content (AvgIpc) is 2.49. The van der Waals surface area contributed by atoms with E-state index in [-0.39, 0.29) is 0 Å². The first-order valence-electron chi connectivity index (χ1n) is 7.28. The fourth-order valence-corrected chi connectivity index (χ4v) is 2.53. The predicted octanol–water partition coefficient (Wildman–Crippen LogP) is 2.99. The molecule has 1 aromatic carbocycles. The van der Waals surface area contributed by atoms with Crippen LogP contribution in [-0.4, -0.2) is 43.1 Å². The second-order valence-corrected chi connectivity index (χ2v) is 6.15. The van der Waals surface area contributed by atoms with Gasteiger partial charge in [-0.15, -0.1) is 0 Å². The van der Waals surface area contributed by atoms with Gasteiger partial charge in [-0.3, -0.25) is 0 Å². The van der Waals surface area contributed by atoms with Gasteiger partial charge in [0, 0.05) is 19.1 Å². The van der Waals surface area contributed by atoms with Crippen LogP contribution in [0.2, 0.25) is 0 Å². The minimum atomic E-state index is 0.582. The third kappa shape index (κ3) is 6.64. The van der Waals surface area contributed by atoms with Gasteiger partial charge in [-0.2, -0.15) is 11.8 Å². The first-order chi connectivity index (χ1) is 9.67. The Morgan fingerprint density at radius 2 is 2.00 bits per heavy atom. The molecule has 1 aromatic rings. The van der Waals surface area contributed by atoms with Crippen molar-refractivity contribution < 1.29 is 4.74 Å². The molecule has 0 fully saturated rings. The van der Waals surface area contributed by atoms with Gasteiger partial charge in [0.05, 0.1) is 6.61 Å². The highest BCUT2D eigenvalue weighted by molar-refractivity contribution is 7.98. The summed E-state index contributed by atoms with van der Waals surface area (Å²) in [5.41, 5.74) is 6.71. The van der Waals surface area contributed by atoms with E-state index in [1.807, 2.05) is 36.0 Å². The Hall–Kier alpha value is -0.710. The normalized spacial score (nSPS) is 12.7. The van der Waals surface area contributed by atoms with E-state index in [1.165, 1.54) is 12.2 Å². The fourth-order valence-electron chi connectivity index (χ4n) is 1.95. The molecule has 20 heavy (non-hydrogen) atoms. The number of nitrogens with zero attached hydrogens (tertiary/aromatic N) is 1. The highest BCUT2D eigenvalue weighted by Crippen LogP contribution is 2.12. The van der Waals surface area contributed by atoms with Gasteiger partial charge >= 0.3 is 0 Å². The standard InChI is InChI=1S/C16H28N2OS/c1-14(9-12-20-3)18(2)10-4-11-19-16-7-5-15(13-17)6-8-16/h5-8,14H,4,9-13,17H2,1-3H3. The molecule has 0 amide bonds. The molecule has 1 atom stereocenters. The molecule has 0 aliphatic rings. The van der Waals surface area contributed by atoms with Gasteiger partial charge < -0.3 is 15.4 Å².